The van der Waals surface area contributed by atoms with Crippen molar-refractivity contribution in [1.82, 2.24) is 25.5 Å². The SMILES string of the molecule is CN1CCc2nc(C(=O)N[C@@H]3C[C@H](C(=O)O)CC[C@@H]3NC(=O)c3cc4cc(Cl)ccc4[nH]3)sc2C1.Cl. The molecule has 1 aromatic carbocycles. The van der Waals surface area contributed by atoms with Crippen molar-refractivity contribution in [3.8, 4) is 0 Å². The summed E-state index contributed by atoms with van der Waals surface area (Å²) in [6.07, 6.45) is 1.91. The number of carboxylic acids is 1. The Bertz CT molecular complexity index is 1310. The predicted octanol–water partition coefficient (Wildman–Crippen LogP) is 3.47. The number of aromatic amines is 1. The molecule has 9 nitrogen and oxygen atoms in total. The van der Waals surface area contributed by atoms with Crippen LogP contribution in [0.1, 0.15) is 50.1 Å². The maximum Gasteiger partial charge on any atom is 0.306 e. The molecule has 1 aliphatic heterocycles. The highest BCUT2D eigenvalue weighted by Gasteiger charge is 2.36. The molecule has 2 aliphatic rings. The fourth-order valence-electron chi connectivity index (χ4n) is 4.85. The van der Waals surface area contributed by atoms with Gasteiger partial charge in [-0.15, -0.1) is 23.7 Å². The molecule has 2 aromatic heterocycles. The van der Waals surface area contributed by atoms with Crippen LogP contribution in [0, 0.1) is 5.92 Å². The summed E-state index contributed by atoms with van der Waals surface area (Å²) in [5.41, 5.74) is 2.12. The first kappa shape index (κ1) is 26.4. The molecule has 0 saturated heterocycles. The standard InChI is InChI=1S/C24H26ClN5O4S.ClH/c1-30-7-6-17-20(11-30)35-23(29-17)22(32)28-18-9-12(24(33)34)2-4-16(18)27-21(31)19-10-13-8-14(25)3-5-15(13)26-19;/h3,5,8,10,12,16,18,26H,2,4,6-7,9,11H2,1H3,(H,27,31)(H,28,32)(H,33,34);1H/t12-,16+,18-;/m1./s1. The first-order valence-corrected chi connectivity index (χ1v) is 12.8. The lowest BCUT2D eigenvalue weighted by atomic mass is 9.82. The topological polar surface area (TPSA) is 127 Å². The molecule has 2 amide bonds. The number of nitrogens with one attached hydrogen (secondary N) is 3. The monoisotopic (exact) mass is 551 g/mol. The number of halogens is 2. The average molecular weight is 552 g/mol. The minimum Gasteiger partial charge on any atom is -0.481 e. The lowest BCUT2D eigenvalue weighted by Gasteiger charge is -2.35. The van der Waals surface area contributed by atoms with Crippen molar-refractivity contribution in [2.45, 2.75) is 44.3 Å². The number of aliphatic carboxylic acids is 1. The fourth-order valence-corrected chi connectivity index (χ4v) is 6.12. The number of carboxylic acid groups (broad SMARTS) is 1. The van der Waals surface area contributed by atoms with E-state index in [2.05, 4.69) is 25.5 Å². The van der Waals surface area contributed by atoms with Crippen molar-refractivity contribution < 1.29 is 19.5 Å². The Morgan fingerprint density at radius 1 is 1.17 bits per heavy atom. The number of hydrogen-bond donors (Lipinski definition) is 4. The summed E-state index contributed by atoms with van der Waals surface area (Å²) in [6, 6.07) is 6.12. The second-order valence-corrected chi connectivity index (χ2v) is 10.8. The van der Waals surface area contributed by atoms with E-state index in [0.717, 1.165) is 41.0 Å². The zero-order chi connectivity index (χ0) is 24.7. The van der Waals surface area contributed by atoms with Crippen molar-refractivity contribution in [3.05, 3.63) is 50.6 Å². The van der Waals surface area contributed by atoms with Crippen LogP contribution in [0.4, 0.5) is 0 Å². The Morgan fingerprint density at radius 3 is 2.72 bits per heavy atom. The average Bonchev–Trinajstić information content (AvgIpc) is 3.43. The second-order valence-electron chi connectivity index (χ2n) is 9.30. The molecule has 3 aromatic rings. The van der Waals surface area contributed by atoms with Crippen molar-refractivity contribution in [2.75, 3.05) is 13.6 Å². The summed E-state index contributed by atoms with van der Waals surface area (Å²) in [7, 11) is 2.03. The van der Waals surface area contributed by atoms with E-state index in [1.807, 2.05) is 7.05 Å². The molecule has 1 saturated carbocycles. The molecule has 192 valence electrons. The van der Waals surface area contributed by atoms with E-state index in [-0.39, 0.29) is 30.6 Å². The van der Waals surface area contributed by atoms with E-state index in [0.29, 0.717) is 28.6 Å². The molecule has 0 spiro atoms. The molecule has 3 atom stereocenters. The number of rotatable bonds is 5. The minimum atomic E-state index is -0.894. The van der Waals surface area contributed by atoms with Crippen LogP contribution in [0.5, 0.6) is 0 Å². The number of H-pyrrole nitrogens is 1. The van der Waals surface area contributed by atoms with Crippen LogP contribution in [-0.4, -0.2) is 63.4 Å². The molecule has 4 N–H and O–H groups in total. The smallest absolute Gasteiger partial charge is 0.306 e. The van der Waals surface area contributed by atoms with Crippen LogP contribution in [0.3, 0.4) is 0 Å². The third-order valence-corrected chi connectivity index (χ3v) is 8.09. The number of carbonyl (C=O) groups excluding carboxylic acids is 2. The van der Waals surface area contributed by atoms with Crippen LogP contribution < -0.4 is 10.6 Å². The third kappa shape index (κ3) is 5.51. The lowest BCUT2D eigenvalue weighted by molar-refractivity contribution is -0.143. The third-order valence-electron chi connectivity index (χ3n) is 6.78. The van der Waals surface area contributed by atoms with Crippen LogP contribution in [0.25, 0.3) is 10.9 Å². The number of carbonyl (C=O) groups is 3. The van der Waals surface area contributed by atoms with Crippen LogP contribution in [0.2, 0.25) is 5.02 Å². The largest absolute Gasteiger partial charge is 0.481 e. The van der Waals surface area contributed by atoms with Gasteiger partial charge in [0.2, 0.25) is 0 Å². The normalized spacial score (nSPS) is 21.9. The molecule has 1 fully saturated rings. The van der Waals surface area contributed by atoms with Crippen LogP contribution >= 0.6 is 35.3 Å². The van der Waals surface area contributed by atoms with Gasteiger partial charge in [-0.05, 0) is 50.6 Å². The highest BCUT2D eigenvalue weighted by Crippen LogP contribution is 2.28. The van der Waals surface area contributed by atoms with Gasteiger partial charge in [-0.2, -0.15) is 0 Å². The number of benzene rings is 1. The zero-order valence-electron chi connectivity index (χ0n) is 19.5. The lowest BCUT2D eigenvalue weighted by Crippen LogP contribution is -2.55. The van der Waals surface area contributed by atoms with Gasteiger partial charge in [0, 0.05) is 46.4 Å². The van der Waals surface area contributed by atoms with Crippen molar-refractivity contribution >= 4 is 64.0 Å². The van der Waals surface area contributed by atoms with Gasteiger partial charge in [0.15, 0.2) is 5.01 Å². The Kier molecular flexibility index (Phi) is 7.89. The van der Waals surface area contributed by atoms with Crippen LogP contribution in [-0.2, 0) is 17.8 Å². The van der Waals surface area contributed by atoms with Gasteiger partial charge in [-0.25, -0.2) is 4.98 Å². The molecule has 0 radical (unpaired) electrons. The highest BCUT2D eigenvalue weighted by molar-refractivity contribution is 7.13. The molecule has 1 aliphatic carbocycles. The summed E-state index contributed by atoms with van der Waals surface area (Å²) in [5.74, 6) is -2.12. The summed E-state index contributed by atoms with van der Waals surface area (Å²) < 4.78 is 0. The Morgan fingerprint density at radius 2 is 1.94 bits per heavy atom. The molecule has 0 bridgehead atoms. The molecular weight excluding hydrogens is 525 g/mol. The number of hydrogen-bond acceptors (Lipinski definition) is 6. The number of amides is 2. The van der Waals surface area contributed by atoms with E-state index >= 15 is 0 Å². The van der Waals surface area contributed by atoms with Crippen molar-refractivity contribution in [3.63, 3.8) is 0 Å². The number of thiazole rings is 1. The molecule has 12 heteroatoms. The van der Waals surface area contributed by atoms with E-state index < -0.39 is 24.0 Å². The van der Waals surface area contributed by atoms with Gasteiger partial charge < -0.3 is 25.6 Å². The quantitative estimate of drug-likeness (QED) is 0.384. The second kappa shape index (κ2) is 10.8. The Labute approximate surface area is 223 Å². The number of fused-ring (bicyclic) bond motifs is 2. The van der Waals surface area contributed by atoms with Gasteiger partial charge >= 0.3 is 5.97 Å². The summed E-state index contributed by atoms with van der Waals surface area (Å²) >= 11 is 7.43. The van der Waals surface area contributed by atoms with Gasteiger partial charge in [0.25, 0.3) is 11.8 Å². The van der Waals surface area contributed by atoms with Gasteiger partial charge in [0.05, 0.1) is 17.7 Å². The molecule has 3 heterocycles. The minimum absolute atomic E-state index is 0. The number of aromatic nitrogens is 2. The van der Waals surface area contributed by atoms with Crippen molar-refractivity contribution in [1.29, 1.82) is 0 Å². The number of likely N-dealkylation sites (N-methyl/N-ethyl adjacent to an activating group) is 1. The summed E-state index contributed by atoms with van der Waals surface area (Å²) in [4.78, 5) is 48.7. The summed E-state index contributed by atoms with van der Waals surface area (Å²) in [5, 5.41) is 17.3. The van der Waals surface area contributed by atoms with Crippen LogP contribution in [0.15, 0.2) is 24.3 Å². The Balaban J connectivity index is 0.00000304. The number of nitrogens with zero attached hydrogens (tertiary/aromatic N) is 2. The van der Waals surface area contributed by atoms with E-state index in [9.17, 15) is 19.5 Å². The first-order chi connectivity index (χ1) is 16.8. The highest BCUT2D eigenvalue weighted by atomic mass is 35.5. The molecule has 5 rings (SSSR count). The van der Waals surface area contributed by atoms with Crippen molar-refractivity contribution in [2.24, 2.45) is 5.92 Å². The van der Waals surface area contributed by atoms with Gasteiger partial charge in [0.1, 0.15) is 5.69 Å². The Hall–Kier alpha value is -2.66. The molecule has 0 unspecified atom stereocenters. The van der Waals surface area contributed by atoms with Gasteiger partial charge in [-0.1, -0.05) is 11.6 Å². The maximum absolute atomic E-state index is 13.1. The van der Waals surface area contributed by atoms with Gasteiger partial charge in [-0.3, -0.25) is 14.4 Å². The zero-order valence-corrected chi connectivity index (χ0v) is 21.9. The molecular formula is C24H27Cl2N5O4S. The maximum atomic E-state index is 13.1. The van der Waals surface area contributed by atoms with E-state index in [1.54, 1.807) is 24.3 Å². The molecule has 36 heavy (non-hydrogen) atoms. The van der Waals surface area contributed by atoms with E-state index in [4.69, 9.17) is 11.6 Å². The summed E-state index contributed by atoms with van der Waals surface area (Å²) in [6.45, 7) is 1.66. The predicted molar refractivity (Wildman–Crippen MR) is 140 cm³/mol. The first-order valence-electron chi connectivity index (χ1n) is 11.6. The fraction of sp³-hybridized carbons (Fsp3) is 0.417. The van der Waals surface area contributed by atoms with E-state index in [1.165, 1.54) is 11.3 Å².